The summed E-state index contributed by atoms with van der Waals surface area (Å²) in [7, 11) is 1.60. The van der Waals surface area contributed by atoms with Gasteiger partial charge in [-0.1, -0.05) is 67.6 Å². The molecule has 0 heterocycles. The number of nitrogens with one attached hydrogen (secondary N) is 1. The molecule has 130 valence electrons. The summed E-state index contributed by atoms with van der Waals surface area (Å²) in [4.78, 5) is 12.6. The maximum Gasteiger partial charge on any atom is 0.224 e. The van der Waals surface area contributed by atoms with Crippen LogP contribution < -0.4 is 5.32 Å². The van der Waals surface area contributed by atoms with Gasteiger partial charge >= 0.3 is 0 Å². The standard InChI is InChI=1S/C21H24N2O2/c1-3-19(25-2)18(15-22)21(17-12-8-5-9-13-17)23-20(24)14-16-10-6-4-7-11-16/h4-13,18-19,21H,3,14H2,1-2H3,(H,23,24). The van der Waals surface area contributed by atoms with Crippen molar-refractivity contribution in [1.29, 1.82) is 5.26 Å². The second kappa shape index (κ2) is 9.61. The summed E-state index contributed by atoms with van der Waals surface area (Å²) in [5.74, 6) is -0.566. The predicted molar refractivity (Wildman–Crippen MR) is 97.7 cm³/mol. The van der Waals surface area contributed by atoms with E-state index in [-0.39, 0.29) is 18.4 Å². The molecule has 4 nitrogen and oxygen atoms in total. The largest absolute Gasteiger partial charge is 0.380 e. The number of carbonyl (C=O) groups is 1. The number of nitriles is 1. The third-order valence-electron chi connectivity index (χ3n) is 4.30. The van der Waals surface area contributed by atoms with Crippen LogP contribution in [0, 0.1) is 17.2 Å². The molecule has 25 heavy (non-hydrogen) atoms. The van der Waals surface area contributed by atoms with E-state index < -0.39 is 12.0 Å². The normalized spacial score (nSPS) is 14.1. The van der Waals surface area contributed by atoms with Crippen molar-refractivity contribution >= 4 is 5.91 Å². The minimum Gasteiger partial charge on any atom is -0.380 e. The maximum atomic E-state index is 12.6. The summed E-state index contributed by atoms with van der Waals surface area (Å²) in [5, 5.41) is 12.8. The lowest BCUT2D eigenvalue weighted by atomic mass is 9.88. The molecule has 0 fully saturated rings. The highest BCUT2D eigenvalue weighted by Crippen LogP contribution is 2.27. The van der Waals surface area contributed by atoms with Gasteiger partial charge in [0.1, 0.15) is 0 Å². The summed E-state index contributed by atoms with van der Waals surface area (Å²) < 4.78 is 5.48. The van der Waals surface area contributed by atoms with E-state index in [1.54, 1.807) is 7.11 Å². The number of ether oxygens (including phenoxy) is 1. The minimum absolute atomic E-state index is 0.105. The van der Waals surface area contributed by atoms with Crippen LogP contribution >= 0.6 is 0 Å². The second-order valence-corrected chi connectivity index (χ2v) is 5.96. The molecule has 4 heteroatoms. The molecule has 2 aromatic carbocycles. The van der Waals surface area contributed by atoms with Crippen LogP contribution in [0.4, 0.5) is 0 Å². The van der Waals surface area contributed by atoms with E-state index in [9.17, 15) is 10.1 Å². The Kier molecular flexibility index (Phi) is 7.18. The number of methoxy groups -OCH3 is 1. The van der Waals surface area contributed by atoms with Gasteiger partial charge in [0.05, 0.1) is 30.6 Å². The molecule has 0 bridgehead atoms. The molecule has 0 aromatic heterocycles. The summed E-state index contributed by atoms with van der Waals surface area (Å²) in [6, 6.07) is 21.1. The van der Waals surface area contributed by atoms with Gasteiger partial charge in [0.15, 0.2) is 0 Å². The molecule has 1 N–H and O–H groups in total. The Morgan fingerprint density at radius 3 is 2.24 bits per heavy atom. The van der Waals surface area contributed by atoms with Crippen LogP contribution in [0.25, 0.3) is 0 Å². The fraction of sp³-hybridized carbons (Fsp3) is 0.333. The SMILES string of the molecule is CCC(OC)C(C#N)C(NC(=O)Cc1ccccc1)c1ccccc1. The fourth-order valence-electron chi connectivity index (χ4n) is 2.99. The molecule has 3 unspecified atom stereocenters. The van der Waals surface area contributed by atoms with Gasteiger partial charge in [-0.05, 0) is 17.5 Å². The van der Waals surface area contributed by atoms with Gasteiger partial charge in [-0.25, -0.2) is 0 Å². The van der Waals surface area contributed by atoms with Gasteiger partial charge in [-0.15, -0.1) is 0 Å². The molecule has 0 saturated carbocycles. The monoisotopic (exact) mass is 336 g/mol. The van der Waals surface area contributed by atoms with Crippen LogP contribution in [0.3, 0.4) is 0 Å². The van der Waals surface area contributed by atoms with E-state index in [1.165, 1.54) is 0 Å². The highest BCUT2D eigenvalue weighted by atomic mass is 16.5. The molecular formula is C21H24N2O2. The highest BCUT2D eigenvalue weighted by Gasteiger charge is 2.31. The molecular weight excluding hydrogens is 312 g/mol. The first kappa shape index (κ1) is 18.7. The van der Waals surface area contributed by atoms with Crippen LogP contribution in [0.5, 0.6) is 0 Å². The number of amides is 1. The Bertz CT molecular complexity index is 691. The number of carbonyl (C=O) groups excluding carboxylic acids is 1. The third kappa shape index (κ3) is 5.17. The summed E-state index contributed by atoms with van der Waals surface area (Å²) in [6.07, 6.45) is 0.742. The van der Waals surface area contributed by atoms with Gasteiger partial charge in [-0.2, -0.15) is 5.26 Å². The molecule has 0 spiro atoms. The lowest BCUT2D eigenvalue weighted by Gasteiger charge is -2.29. The zero-order valence-corrected chi connectivity index (χ0v) is 14.7. The van der Waals surface area contributed by atoms with Crippen LogP contribution in [-0.4, -0.2) is 19.1 Å². The van der Waals surface area contributed by atoms with Crippen molar-refractivity contribution in [3.63, 3.8) is 0 Å². The molecule has 0 aliphatic heterocycles. The average Bonchev–Trinajstić information content (AvgIpc) is 2.66. The molecule has 0 aliphatic carbocycles. The van der Waals surface area contributed by atoms with E-state index in [0.29, 0.717) is 6.42 Å². The number of hydrogen-bond donors (Lipinski definition) is 1. The van der Waals surface area contributed by atoms with Crippen molar-refractivity contribution in [1.82, 2.24) is 5.32 Å². The number of hydrogen-bond acceptors (Lipinski definition) is 3. The average molecular weight is 336 g/mol. The summed E-state index contributed by atoms with van der Waals surface area (Å²) in [6.45, 7) is 1.98. The molecule has 0 radical (unpaired) electrons. The molecule has 0 aliphatic rings. The summed E-state index contributed by atoms with van der Waals surface area (Å²) in [5.41, 5.74) is 1.85. The van der Waals surface area contributed by atoms with Gasteiger partial charge in [0.2, 0.25) is 5.91 Å². The van der Waals surface area contributed by atoms with Gasteiger partial charge < -0.3 is 10.1 Å². The Labute approximate surface area is 149 Å². The molecule has 2 rings (SSSR count). The third-order valence-corrected chi connectivity index (χ3v) is 4.30. The molecule has 2 aromatic rings. The number of benzene rings is 2. The fourth-order valence-corrected chi connectivity index (χ4v) is 2.99. The predicted octanol–water partition coefficient (Wildman–Crippen LogP) is 3.65. The summed E-state index contributed by atoms with van der Waals surface area (Å²) >= 11 is 0. The molecule has 3 atom stereocenters. The Morgan fingerprint density at radius 2 is 1.72 bits per heavy atom. The van der Waals surface area contributed by atoms with E-state index >= 15 is 0 Å². The zero-order valence-electron chi connectivity index (χ0n) is 14.7. The van der Waals surface area contributed by atoms with Crippen molar-refractivity contribution in [3.8, 4) is 6.07 Å². The van der Waals surface area contributed by atoms with E-state index in [2.05, 4.69) is 11.4 Å². The van der Waals surface area contributed by atoms with Crippen LogP contribution in [0.1, 0.15) is 30.5 Å². The highest BCUT2D eigenvalue weighted by molar-refractivity contribution is 5.79. The Balaban J connectivity index is 2.22. The number of nitrogens with zero attached hydrogens (tertiary/aromatic N) is 1. The first-order valence-corrected chi connectivity index (χ1v) is 8.50. The topological polar surface area (TPSA) is 62.1 Å². The lowest BCUT2D eigenvalue weighted by molar-refractivity contribution is -0.121. The Morgan fingerprint density at radius 1 is 1.12 bits per heavy atom. The van der Waals surface area contributed by atoms with E-state index in [1.807, 2.05) is 67.6 Å². The van der Waals surface area contributed by atoms with Crippen molar-refractivity contribution in [2.45, 2.75) is 31.9 Å². The van der Waals surface area contributed by atoms with Crippen LogP contribution in [0.15, 0.2) is 60.7 Å². The van der Waals surface area contributed by atoms with Crippen LogP contribution in [-0.2, 0) is 16.0 Å². The van der Waals surface area contributed by atoms with E-state index in [0.717, 1.165) is 11.1 Å². The lowest BCUT2D eigenvalue weighted by Crippen LogP contribution is -2.39. The van der Waals surface area contributed by atoms with Crippen molar-refractivity contribution in [3.05, 3.63) is 71.8 Å². The van der Waals surface area contributed by atoms with Crippen LogP contribution in [0.2, 0.25) is 0 Å². The first-order chi connectivity index (χ1) is 12.2. The maximum absolute atomic E-state index is 12.6. The smallest absolute Gasteiger partial charge is 0.224 e. The Hall–Kier alpha value is -2.64. The quantitative estimate of drug-likeness (QED) is 0.800. The zero-order chi connectivity index (χ0) is 18.1. The van der Waals surface area contributed by atoms with Crippen molar-refractivity contribution in [2.75, 3.05) is 7.11 Å². The van der Waals surface area contributed by atoms with Gasteiger partial charge in [0, 0.05) is 7.11 Å². The minimum atomic E-state index is -0.461. The van der Waals surface area contributed by atoms with Crippen molar-refractivity contribution in [2.24, 2.45) is 5.92 Å². The number of rotatable bonds is 8. The van der Waals surface area contributed by atoms with E-state index in [4.69, 9.17) is 4.74 Å². The second-order valence-electron chi connectivity index (χ2n) is 5.96. The van der Waals surface area contributed by atoms with Gasteiger partial charge in [-0.3, -0.25) is 4.79 Å². The molecule has 1 amide bonds. The molecule has 0 saturated heterocycles. The van der Waals surface area contributed by atoms with Gasteiger partial charge in [0.25, 0.3) is 0 Å². The first-order valence-electron chi connectivity index (χ1n) is 8.50. The van der Waals surface area contributed by atoms with Crippen molar-refractivity contribution < 1.29 is 9.53 Å².